The van der Waals surface area contributed by atoms with Crippen LogP contribution in [-0.4, -0.2) is 19.6 Å². The molecule has 1 N–H and O–H groups in total. The van der Waals surface area contributed by atoms with Gasteiger partial charge in [0, 0.05) is 12.6 Å². The number of hydrogen-bond acceptors (Lipinski definition) is 3. The highest BCUT2D eigenvalue weighted by atomic mass is 16.5. The third-order valence-electron chi connectivity index (χ3n) is 3.28. The van der Waals surface area contributed by atoms with Crippen molar-refractivity contribution in [3.63, 3.8) is 0 Å². The van der Waals surface area contributed by atoms with Crippen LogP contribution in [0.5, 0.6) is 0 Å². The molecule has 0 aliphatic heterocycles. The van der Waals surface area contributed by atoms with Gasteiger partial charge in [0.25, 0.3) is 0 Å². The van der Waals surface area contributed by atoms with Crippen molar-refractivity contribution in [1.29, 1.82) is 0 Å². The minimum atomic E-state index is -0.178. The summed E-state index contributed by atoms with van der Waals surface area (Å²) in [5.41, 5.74) is 2.75. The Hall–Kier alpha value is -1.35. The predicted molar refractivity (Wildman–Crippen MR) is 78.2 cm³/mol. The molecule has 0 amide bonds. The van der Waals surface area contributed by atoms with Crippen LogP contribution in [-0.2, 0) is 14.9 Å². The molecule has 0 spiro atoms. The fourth-order valence-electron chi connectivity index (χ4n) is 1.88. The molecule has 0 saturated carbocycles. The standard InChI is InChI=1S/C16H25NO2/c1-12(17-11-10-15(18)19-5)13-6-8-14(9-7-13)16(2,3)4/h6-9,12,17H,10-11H2,1-5H3. The first-order valence-electron chi connectivity index (χ1n) is 6.75. The highest BCUT2D eigenvalue weighted by molar-refractivity contribution is 5.69. The summed E-state index contributed by atoms with van der Waals surface area (Å²) in [4.78, 5) is 11.0. The first-order chi connectivity index (χ1) is 8.84. The van der Waals surface area contributed by atoms with E-state index in [1.165, 1.54) is 18.2 Å². The number of methoxy groups -OCH3 is 1. The fraction of sp³-hybridized carbons (Fsp3) is 0.562. The first kappa shape index (κ1) is 15.7. The Morgan fingerprint density at radius 1 is 1.26 bits per heavy atom. The first-order valence-corrected chi connectivity index (χ1v) is 6.75. The van der Waals surface area contributed by atoms with Gasteiger partial charge in [0.2, 0.25) is 0 Å². The third kappa shape index (κ3) is 5.03. The molecule has 3 nitrogen and oxygen atoms in total. The molecule has 0 radical (unpaired) electrons. The molecule has 106 valence electrons. The average Bonchev–Trinajstić information content (AvgIpc) is 2.37. The maximum Gasteiger partial charge on any atom is 0.306 e. The second-order valence-corrected chi connectivity index (χ2v) is 5.87. The molecule has 0 fully saturated rings. The maximum atomic E-state index is 11.0. The minimum Gasteiger partial charge on any atom is -0.469 e. The van der Waals surface area contributed by atoms with E-state index in [2.05, 4.69) is 62.0 Å². The number of carbonyl (C=O) groups is 1. The van der Waals surface area contributed by atoms with E-state index in [1.54, 1.807) is 0 Å². The summed E-state index contributed by atoms with van der Waals surface area (Å²) in [6.07, 6.45) is 0.404. The Balaban J connectivity index is 2.53. The molecule has 19 heavy (non-hydrogen) atoms. The predicted octanol–water partition coefficient (Wildman–Crippen LogP) is 3.20. The Labute approximate surface area is 116 Å². The van der Waals surface area contributed by atoms with E-state index in [0.29, 0.717) is 13.0 Å². The van der Waals surface area contributed by atoms with E-state index < -0.39 is 0 Å². The van der Waals surface area contributed by atoms with Crippen LogP contribution in [0.4, 0.5) is 0 Å². The molecular weight excluding hydrogens is 238 g/mol. The quantitative estimate of drug-likeness (QED) is 0.829. The normalized spacial score (nSPS) is 13.1. The van der Waals surface area contributed by atoms with Gasteiger partial charge < -0.3 is 10.1 Å². The van der Waals surface area contributed by atoms with E-state index in [1.807, 2.05) is 0 Å². The molecule has 0 aliphatic rings. The molecule has 0 aliphatic carbocycles. The van der Waals surface area contributed by atoms with Crippen molar-refractivity contribution < 1.29 is 9.53 Å². The number of carbonyl (C=O) groups excluding carboxylic acids is 1. The fourth-order valence-corrected chi connectivity index (χ4v) is 1.88. The summed E-state index contributed by atoms with van der Waals surface area (Å²) in [7, 11) is 1.41. The van der Waals surface area contributed by atoms with Crippen molar-refractivity contribution in [1.82, 2.24) is 5.32 Å². The second-order valence-electron chi connectivity index (χ2n) is 5.87. The molecule has 1 rings (SSSR count). The van der Waals surface area contributed by atoms with Gasteiger partial charge in [0.05, 0.1) is 13.5 Å². The van der Waals surface area contributed by atoms with Gasteiger partial charge in [0.1, 0.15) is 0 Å². The van der Waals surface area contributed by atoms with Crippen molar-refractivity contribution in [2.24, 2.45) is 0 Å². The van der Waals surface area contributed by atoms with Gasteiger partial charge in [-0.2, -0.15) is 0 Å². The van der Waals surface area contributed by atoms with E-state index in [9.17, 15) is 4.79 Å². The van der Waals surface area contributed by atoms with Crippen molar-refractivity contribution >= 4 is 5.97 Å². The molecule has 3 heteroatoms. The smallest absolute Gasteiger partial charge is 0.306 e. The Bertz CT molecular complexity index is 404. The zero-order chi connectivity index (χ0) is 14.5. The lowest BCUT2D eigenvalue weighted by atomic mass is 9.86. The lowest BCUT2D eigenvalue weighted by Gasteiger charge is -2.20. The number of rotatable bonds is 5. The van der Waals surface area contributed by atoms with Crippen molar-refractivity contribution in [3.05, 3.63) is 35.4 Å². The minimum absolute atomic E-state index is 0.178. The van der Waals surface area contributed by atoms with Crippen LogP contribution in [0.25, 0.3) is 0 Å². The van der Waals surface area contributed by atoms with Crippen molar-refractivity contribution in [2.75, 3.05) is 13.7 Å². The molecule has 0 aromatic heterocycles. The summed E-state index contributed by atoms with van der Waals surface area (Å²) in [5.74, 6) is -0.178. The third-order valence-corrected chi connectivity index (χ3v) is 3.28. The highest BCUT2D eigenvalue weighted by Gasteiger charge is 2.14. The lowest BCUT2D eigenvalue weighted by Crippen LogP contribution is -2.22. The van der Waals surface area contributed by atoms with Gasteiger partial charge in [-0.15, -0.1) is 0 Å². The Morgan fingerprint density at radius 3 is 2.32 bits per heavy atom. The largest absolute Gasteiger partial charge is 0.469 e. The number of esters is 1. The summed E-state index contributed by atoms with van der Waals surface area (Å²) in [5, 5.41) is 3.32. The van der Waals surface area contributed by atoms with Gasteiger partial charge in [-0.25, -0.2) is 0 Å². The zero-order valence-corrected chi connectivity index (χ0v) is 12.6. The molecule has 0 heterocycles. The van der Waals surface area contributed by atoms with Crippen molar-refractivity contribution in [2.45, 2.75) is 45.6 Å². The number of benzene rings is 1. The average molecular weight is 263 g/mol. The molecular formula is C16H25NO2. The summed E-state index contributed by atoms with van der Waals surface area (Å²) < 4.78 is 4.61. The van der Waals surface area contributed by atoms with Crippen LogP contribution in [0.2, 0.25) is 0 Å². The summed E-state index contributed by atoms with van der Waals surface area (Å²) in [6.45, 7) is 9.36. The number of nitrogens with one attached hydrogen (secondary N) is 1. The van der Waals surface area contributed by atoms with E-state index in [0.717, 1.165) is 0 Å². The van der Waals surface area contributed by atoms with Crippen LogP contribution < -0.4 is 5.32 Å². The molecule has 1 unspecified atom stereocenters. The summed E-state index contributed by atoms with van der Waals surface area (Å²) >= 11 is 0. The molecule has 1 atom stereocenters. The van der Waals surface area contributed by atoms with Gasteiger partial charge in [-0.3, -0.25) is 4.79 Å². The highest BCUT2D eigenvalue weighted by Crippen LogP contribution is 2.23. The molecule has 1 aromatic rings. The van der Waals surface area contributed by atoms with E-state index in [-0.39, 0.29) is 17.4 Å². The van der Waals surface area contributed by atoms with Crippen LogP contribution in [0.3, 0.4) is 0 Å². The Kier molecular flexibility index (Phi) is 5.55. The molecule has 0 saturated heterocycles. The Morgan fingerprint density at radius 2 is 1.84 bits per heavy atom. The second kappa shape index (κ2) is 6.71. The lowest BCUT2D eigenvalue weighted by molar-refractivity contribution is -0.140. The SMILES string of the molecule is COC(=O)CCNC(C)c1ccc(C(C)(C)C)cc1. The van der Waals surface area contributed by atoms with Crippen LogP contribution in [0.1, 0.15) is 51.3 Å². The topological polar surface area (TPSA) is 38.3 Å². The molecule has 0 bridgehead atoms. The van der Waals surface area contributed by atoms with Crippen LogP contribution in [0, 0.1) is 0 Å². The van der Waals surface area contributed by atoms with E-state index in [4.69, 9.17) is 0 Å². The molecule has 1 aromatic carbocycles. The van der Waals surface area contributed by atoms with Crippen molar-refractivity contribution in [3.8, 4) is 0 Å². The number of hydrogen-bond donors (Lipinski definition) is 1. The van der Waals surface area contributed by atoms with E-state index >= 15 is 0 Å². The van der Waals surface area contributed by atoms with Crippen LogP contribution >= 0.6 is 0 Å². The van der Waals surface area contributed by atoms with Gasteiger partial charge in [0.15, 0.2) is 0 Å². The monoisotopic (exact) mass is 263 g/mol. The zero-order valence-electron chi connectivity index (χ0n) is 12.6. The van der Waals surface area contributed by atoms with Gasteiger partial charge in [-0.1, -0.05) is 45.0 Å². The van der Waals surface area contributed by atoms with Gasteiger partial charge >= 0.3 is 5.97 Å². The maximum absolute atomic E-state index is 11.0. The van der Waals surface area contributed by atoms with Crippen LogP contribution in [0.15, 0.2) is 24.3 Å². The number of ether oxygens (including phenoxy) is 1. The summed E-state index contributed by atoms with van der Waals surface area (Å²) in [6, 6.07) is 8.88. The van der Waals surface area contributed by atoms with Gasteiger partial charge in [-0.05, 0) is 23.5 Å².